The van der Waals surface area contributed by atoms with Gasteiger partial charge in [0.1, 0.15) is 12.4 Å². The summed E-state index contributed by atoms with van der Waals surface area (Å²) in [6.07, 6.45) is 0.931. The van der Waals surface area contributed by atoms with Crippen molar-refractivity contribution in [3.05, 3.63) is 29.3 Å². The Morgan fingerprint density at radius 2 is 2.08 bits per heavy atom. The van der Waals surface area contributed by atoms with E-state index >= 15 is 0 Å². The molecule has 0 aliphatic carbocycles. The molecule has 5 nitrogen and oxygen atoms in total. The average Bonchev–Trinajstić information content (AvgIpc) is 2.49. The summed E-state index contributed by atoms with van der Waals surface area (Å²) in [6.45, 7) is 7.37. The lowest BCUT2D eigenvalue weighted by Gasteiger charge is -2.42. The number of piperidine rings is 1. The second-order valence-corrected chi connectivity index (χ2v) is 7.18. The number of nitrogens with zero attached hydrogens (tertiary/aromatic N) is 1. The second kappa shape index (κ2) is 9.47. The van der Waals surface area contributed by atoms with E-state index < -0.39 is 0 Å². The van der Waals surface area contributed by atoms with E-state index in [0.717, 1.165) is 25.3 Å². The number of benzene rings is 1. The number of carbonyl (C=O) groups excluding carboxylic acids is 1. The molecule has 1 aromatic carbocycles. The van der Waals surface area contributed by atoms with E-state index in [2.05, 4.69) is 24.1 Å². The minimum Gasteiger partial charge on any atom is -0.492 e. The lowest BCUT2D eigenvalue weighted by molar-refractivity contribution is -0.123. The van der Waals surface area contributed by atoms with Crippen molar-refractivity contribution in [3.63, 3.8) is 0 Å². The predicted molar refractivity (Wildman–Crippen MR) is 100 cm³/mol. The van der Waals surface area contributed by atoms with Gasteiger partial charge in [-0.15, -0.1) is 12.4 Å². The van der Waals surface area contributed by atoms with Gasteiger partial charge in [0, 0.05) is 24.2 Å². The molecule has 1 heterocycles. The molecule has 7 heteroatoms. The monoisotopic (exact) mass is 375 g/mol. The van der Waals surface area contributed by atoms with Crippen molar-refractivity contribution >= 4 is 29.9 Å². The molecule has 0 spiro atoms. The Labute approximate surface area is 155 Å². The number of hydrogen-bond donors (Lipinski definition) is 2. The van der Waals surface area contributed by atoms with Gasteiger partial charge in [0.2, 0.25) is 5.91 Å². The molecule has 1 amide bonds. The van der Waals surface area contributed by atoms with Gasteiger partial charge in [-0.1, -0.05) is 25.4 Å². The molecule has 0 aromatic heterocycles. The molecule has 1 saturated heterocycles. The number of ether oxygens (including phenoxy) is 1. The third-order valence-electron chi connectivity index (χ3n) is 4.27. The van der Waals surface area contributed by atoms with Crippen LogP contribution in [0.4, 0.5) is 0 Å². The first-order valence-electron chi connectivity index (χ1n) is 8.00. The number of hydrogen-bond acceptors (Lipinski definition) is 4. The highest BCUT2D eigenvalue weighted by Crippen LogP contribution is 2.27. The van der Waals surface area contributed by atoms with E-state index in [0.29, 0.717) is 24.7 Å². The quantitative estimate of drug-likeness (QED) is 0.748. The van der Waals surface area contributed by atoms with Crippen LogP contribution in [0.1, 0.15) is 20.3 Å². The third kappa shape index (κ3) is 6.48. The first kappa shape index (κ1) is 21.0. The van der Waals surface area contributed by atoms with E-state index in [-0.39, 0.29) is 29.8 Å². The lowest BCUT2D eigenvalue weighted by Crippen LogP contribution is -2.54. The number of nitrogens with one attached hydrogen (secondary N) is 1. The van der Waals surface area contributed by atoms with Crippen molar-refractivity contribution in [2.24, 2.45) is 11.1 Å². The summed E-state index contributed by atoms with van der Waals surface area (Å²) < 4.78 is 5.55. The van der Waals surface area contributed by atoms with E-state index in [1.165, 1.54) is 0 Å². The number of amides is 1. The molecule has 0 radical (unpaired) electrons. The van der Waals surface area contributed by atoms with Crippen molar-refractivity contribution in [1.82, 2.24) is 10.2 Å². The molecule has 136 valence electrons. The maximum Gasteiger partial charge on any atom is 0.234 e. The number of halogens is 2. The molecule has 0 saturated carbocycles. The van der Waals surface area contributed by atoms with Gasteiger partial charge in [0.25, 0.3) is 0 Å². The van der Waals surface area contributed by atoms with Gasteiger partial charge in [0.15, 0.2) is 0 Å². The molecule has 1 aromatic rings. The largest absolute Gasteiger partial charge is 0.492 e. The summed E-state index contributed by atoms with van der Waals surface area (Å²) in [7, 11) is 0. The molecule has 1 aliphatic rings. The molecule has 24 heavy (non-hydrogen) atoms. The fourth-order valence-electron chi connectivity index (χ4n) is 2.77. The van der Waals surface area contributed by atoms with Gasteiger partial charge in [0.05, 0.1) is 13.1 Å². The number of rotatable bonds is 6. The highest BCUT2D eigenvalue weighted by atomic mass is 35.5. The fourth-order valence-corrected chi connectivity index (χ4v) is 2.90. The standard InChI is InChI=1S/C17H26ClN3O2.ClH/c1-17(2)12-21(9-7-15(17)19)11-16(22)20-8-10-23-14-5-3-13(18)4-6-14;/h3-6,15H,7-12,19H2,1-2H3,(H,20,22);1H. The zero-order valence-corrected chi connectivity index (χ0v) is 15.8. The highest BCUT2D eigenvalue weighted by Gasteiger charge is 2.33. The Bertz CT molecular complexity index is 523. The molecule has 2 rings (SSSR count). The van der Waals surface area contributed by atoms with Crippen LogP contribution in [-0.4, -0.2) is 49.6 Å². The summed E-state index contributed by atoms with van der Waals surface area (Å²) in [6, 6.07) is 7.37. The number of nitrogens with two attached hydrogens (primary N) is 1. The van der Waals surface area contributed by atoms with Crippen LogP contribution in [0.15, 0.2) is 24.3 Å². The molecule has 1 atom stereocenters. The Hall–Kier alpha value is -1.01. The van der Waals surface area contributed by atoms with Crippen LogP contribution < -0.4 is 15.8 Å². The molecule has 1 unspecified atom stereocenters. The van der Waals surface area contributed by atoms with Gasteiger partial charge in [-0.05, 0) is 36.1 Å². The molecular formula is C17H27Cl2N3O2. The summed E-state index contributed by atoms with van der Waals surface area (Å²) in [5.41, 5.74) is 6.17. The maximum absolute atomic E-state index is 12.0. The van der Waals surface area contributed by atoms with Gasteiger partial charge in [-0.25, -0.2) is 0 Å². The van der Waals surface area contributed by atoms with Gasteiger partial charge in [-0.2, -0.15) is 0 Å². The third-order valence-corrected chi connectivity index (χ3v) is 4.52. The lowest BCUT2D eigenvalue weighted by atomic mass is 9.80. The van der Waals surface area contributed by atoms with E-state index in [9.17, 15) is 4.79 Å². The SMILES string of the molecule is CC1(C)CN(CC(=O)NCCOc2ccc(Cl)cc2)CCC1N.Cl. The second-order valence-electron chi connectivity index (χ2n) is 6.75. The minimum absolute atomic E-state index is 0. The Kier molecular flexibility index (Phi) is 8.30. The summed E-state index contributed by atoms with van der Waals surface area (Å²) >= 11 is 5.81. The summed E-state index contributed by atoms with van der Waals surface area (Å²) in [4.78, 5) is 14.2. The van der Waals surface area contributed by atoms with E-state index in [4.69, 9.17) is 22.1 Å². The minimum atomic E-state index is 0. The van der Waals surface area contributed by atoms with E-state index in [1.807, 2.05) is 12.1 Å². The summed E-state index contributed by atoms with van der Waals surface area (Å²) in [5, 5.41) is 3.56. The van der Waals surface area contributed by atoms with Crippen LogP contribution in [0.2, 0.25) is 5.02 Å². The van der Waals surface area contributed by atoms with Gasteiger partial charge < -0.3 is 15.8 Å². The van der Waals surface area contributed by atoms with Crippen LogP contribution in [0, 0.1) is 5.41 Å². The normalized spacial score (nSPS) is 20.1. The molecule has 1 aliphatic heterocycles. The van der Waals surface area contributed by atoms with Crippen LogP contribution in [-0.2, 0) is 4.79 Å². The molecule has 3 N–H and O–H groups in total. The zero-order valence-electron chi connectivity index (χ0n) is 14.3. The van der Waals surface area contributed by atoms with Crippen LogP contribution >= 0.6 is 24.0 Å². The van der Waals surface area contributed by atoms with Crippen LogP contribution in [0.25, 0.3) is 0 Å². The van der Waals surface area contributed by atoms with Crippen LogP contribution in [0.5, 0.6) is 5.75 Å². The first-order chi connectivity index (χ1) is 10.9. The molecular weight excluding hydrogens is 349 g/mol. The predicted octanol–water partition coefficient (Wildman–Crippen LogP) is 2.32. The maximum atomic E-state index is 12.0. The Morgan fingerprint density at radius 1 is 1.42 bits per heavy atom. The van der Waals surface area contributed by atoms with Crippen LogP contribution in [0.3, 0.4) is 0 Å². The van der Waals surface area contributed by atoms with Crippen molar-refractivity contribution in [1.29, 1.82) is 0 Å². The van der Waals surface area contributed by atoms with E-state index in [1.54, 1.807) is 12.1 Å². The summed E-state index contributed by atoms with van der Waals surface area (Å²) in [5.74, 6) is 0.770. The zero-order chi connectivity index (χ0) is 16.9. The smallest absolute Gasteiger partial charge is 0.234 e. The van der Waals surface area contributed by atoms with Crippen molar-refractivity contribution in [2.45, 2.75) is 26.3 Å². The number of carbonyl (C=O) groups is 1. The van der Waals surface area contributed by atoms with Gasteiger partial charge in [-0.3, -0.25) is 9.69 Å². The fraction of sp³-hybridized carbons (Fsp3) is 0.588. The van der Waals surface area contributed by atoms with Gasteiger partial charge >= 0.3 is 0 Å². The van der Waals surface area contributed by atoms with Crippen molar-refractivity contribution in [3.8, 4) is 5.75 Å². The van der Waals surface area contributed by atoms with Crippen molar-refractivity contribution < 1.29 is 9.53 Å². The highest BCUT2D eigenvalue weighted by molar-refractivity contribution is 6.30. The molecule has 1 fully saturated rings. The first-order valence-corrected chi connectivity index (χ1v) is 8.37. The molecule has 0 bridgehead atoms. The Balaban J connectivity index is 0.00000288. The number of likely N-dealkylation sites (tertiary alicyclic amines) is 1. The topological polar surface area (TPSA) is 67.6 Å². The Morgan fingerprint density at radius 3 is 2.71 bits per heavy atom. The average molecular weight is 376 g/mol. The van der Waals surface area contributed by atoms with Crippen molar-refractivity contribution in [2.75, 3.05) is 32.8 Å².